The minimum atomic E-state index is -0.431. The summed E-state index contributed by atoms with van der Waals surface area (Å²) in [6.07, 6.45) is 5.92. The second kappa shape index (κ2) is 5.35. The Morgan fingerprint density at radius 3 is 2.42 bits per heavy atom. The molecule has 1 saturated carbocycles. The van der Waals surface area contributed by atoms with Gasteiger partial charge in [-0.1, -0.05) is 40.0 Å². The molecule has 0 N–H and O–H groups in total. The van der Waals surface area contributed by atoms with Crippen LogP contribution in [0, 0.1) is 0 Å². The highest BCUT2D eigenvalue weighted by molar-refractivity contribution is 5.87. The number of carbonyl (C=O) groups is 1. The highest BCUT2D eigenvalue weighted by Gasteiger charge is 2.32. The Bertz CT molecular complexity index is 450. The molecule has 0 amide bonds. The first-order valence-corrected chi connectivity index (χ1v) is 7.03. The van der Waals surface area contributed by atoms with Gasteiger partial charge in [-0.3, -0.25) is 0 Å². The summed E-state index contributed by atoms with van der Waals surface area (Å²) in [6.45, 7) is 6.09. The topological polar surface area (TPSA) is 52.3 Å². The van der Waals surface area contributed by atoms with E-state index < -0.39 is 5.97 Å². The third kappa shape index (κ3) is 2.99. The Kier molecular flexibility index (Phi) is 3.97. The summed E-state index contributed by atoms with van der Waals surface area (Å²) in [7, 11) is 1.37. The number of nitrogens with zero attached hydrogens (tertiary/aromatic N) is 1. The van der Waals surface area contributed by atoms with Crippen molar-refractivity contribution >= 4 is 5.97 Å². The van der Waals surface area contributed by atoms with Crippen LogP contribution in [0.25, 0.3) is 0 Å². The molecule has 0 bridgehead atoms. The van der Waals surface area contributed by atoms with Crippen molar-refractivity contribution in [2.45, 2.75) is 64.2 Å². The van der Waals surface area contributed by atoms with Crippen LogP contribution >= 0.6 is 0 Å². The highest BCUT2D eigenvalue weighted by atomic mass is 16.5. The Labute approximate surface area is 114 Å². The van der Waals surface area contributed by atoms with Gasteiger partial charge in [0.1, 0.15) is 0 Å². The lowest BCUT2D eigenvalue weighted by Crippen LogP contribution is -2.17. The number of oxazole rings is 1. The first kappa shape index (κ1) is 14.1. The molecule has 0 saturated heterocycles. The maximum absolute atomic E-state index is 11.8. The van der Waals surface area contributed by atoms with Crippen molar-refractivity contribution in [1.29, 1.82) is 0 Å². The van der Waals surface area contributed by atoms with Crippen LogP contribution in [-0.2, 0) is 10.2 Å². The first-order valence-electron chi connectivity index (χ1n) is 7.03. The van der Waals surface area contributed by atoms with E-state index in [4.69, 9.17) is 9.15 Å². The van der Waals surface area contributed by atoms with Crippen LogP contribution in [-0.4, -0.2) is 18.1 Å². The normalized spacial score (nSPS) is 17.5. The third-order valence-corrected chi connectivity index (χ3v) is 3.68. The number of ether oxygens (including phenoxy) is 1. The molecule has 4 nitrogen and oxygen atoms in total. The zero-order chi connectivity index (χ0) is 14.0. The van der Waals surface area contributed by atoms with Crippen LogP contribution in [0.3, 0.4) is 0 Å². The van der Waals surface area contributed by atoms with Gasteiger partial charge < -0.3 is 9.15 Å². The molecule has 2 rings (SSSR count). The van der Waals surface area contributed by atoms with Gasteiger partial charge in [0.15, 0.2) is 5.89 Å². The van der Waals surface area contributed by atoms with Crippen LogP contribution < -0.4 is 0 Å². The summed E-state index contributed by atoms with van der Waals surface area (Å²) in [4.78, 5) is 16.4. The van der Waals surface area contributed by atoms with Gasteiger partial charge >= 0.3 is 5.97 Å². The van der Waals surface area contributed by atoms with Crippen molar-refractivity contribution in [3.63, 3.8) is 0 Å². The van der Waals surface area contributed by atoms with Crippen LogP contribution in [0.2, 0.25) is 0 Å². The van der Waals surface area contributed by atoms with Crippen molar-refractivity contribution in [3.05, 3.63) is 17.3 Å². The lowest BCUT2D eigenvalue weighted by atomic mass is 9.89. The SMILES string of the molecule is COC(=O)c1oc(C2CCCCC2)nc1C(C)(C)C. The van der Waals surface area contributed by atoms with Crippen molar-refractivity contribution in [2.75, 3.05) is 7.11 Å². The second-order valence-corrected chi connectivity index (χ2v) is 6.31. The van der Waals surface area contributed by atoms with Crippen LogP contribution in [0.4, 0.5) is 0 Å². The third-order valence-electron chi connectivity index (χ3n) is 3.68. The van der Waals surface area contributed by atoms with Gasteiger partial charge in [0, 0.05) is 11.3 Å². The van der Waals surface area contributed by atoms with Crippen LogP contribution in [0.15, 0.2) is 4.42 Å². The fourth-order valence-electron chi connectivity index (χ4n) is 2.60. The van der Waals surface area contributed by atoms with E-state index in [-0.39, 0.29) is 11.2 Å². The fourth-order valence-corrected chi connectivity index (χ4v) is 2.60. The fraction of sp³-hybridized carbons (Fsp3) is 0.733. The van der Waals surface area contributed by atoms with Crippen molar-refractivity contribution in [2.24, 2.45) is 0 Å². The minimum Gasteiger partial charge on any atom is -0.463 e. The van der Waals surface area contributed by atoms with Gasteiger partial charge in [0.05, 0.1) is 12.8 Å². The summed E-state index contributed by atoms with van der Waals surface area (Å²) in [5.74, 6) is 0.910. The summed E-state index contributed by atoms with van der Waals surface area (Å²) in [6, 6.07) is 0. The molecule has 0 spiro atoms. The molecule has 1 fully saturated rings. The van der Waals surface area contributed by atoms with Gasteiger partial charge in [-0.05, 0) is 12.8 Å². The van der Waals surface area contributed by atoms with Gasteiger partial charge in [-0.15, -0.1) is 0 Å². The van der Waals surface area contributed by atoms with E-state index >= 15 is 0 Å². The number of hydrogen-bond acceptors (Lipinski definition) is 4. The molecule has 1 heterocycles. The maximum atomic E-state index is 11.8. The van der Waals surface area contributed by atoms with E-state index in [0.717, 1.165) is 12.8 Å². The van der Waals surface area contributed by atoms with Gasteiger partial charge in [-0.25, -0.2) is 9.78 Å². The lowest BCUT2D eigenvalue weighted by Gasteiger charge is -2.18. The molecule has 0 radical (unpaired) electrons. The molecule has 19 heavy (non-hydrogen) atoms. The van der Waals surface area contributed by atoms with Gasteiger partial charge in [-0.2, -0.15) is 0 Å². The molecule has 106 valence electrons. The Morgan fingerprint density at radius 1 is 1.26 bits per heavy atom. The summed E-state index contributed by atoms with van der Waals surface area (Å²) < 4.78 is 10.5. The number of aromatic nitrogens is 1. The zero-order valence-corrected chi connectivity index (χ0v) is 12.3. The molecule has 0 atom stereocenters. The van der Waals surface area contributed by atoms with E-state index in [1.165, 1.54) is 26.4 Å². The smallest absolute Gasteiger partial charge is 0.376 e. The number of carbonyl (C=O) groups excluding carboxylic acids is 1. The standard InChI is InChI=1S/C15H23NO3/c1-15(2,3)12-11(14(17)18-4)19-13(16-12)10-8-6-5-7-9-10/h10H,5-9H2,1-4H3. The van der Waals surface area contributed by atoms with Crippen molar-refractivity contribution in [3.8, 4) is 0 Å². The zero-order valence-electron chi connectivity index (χ0n) is 12.3. The van der Waals surface area contributed by atoms with Crippen molar-refractivity contribution in [1.82, 2.24) is 4.98 Å². The molecule has 1 aromatic rings. The predicted octanol–water partition coefficient (Wildman–Crippen LogP) is 3.81. The number of rotatable bonds is 2. The lowest BCUT2D eigenvalue weighted by molar-refractivity contribution is 0.0558. The predicted molar refractivity (Wildman–Crippen MR) is 72.4 cm³/mol. The largest absolute Gasteiger partial charge is 0.463 e. The Hall–Kier alpha value is -1.32. The molecule has 0 aromatic carbocycles. The average Bonchev–Trinajstić information content (AvgIpc) is 2.84. The van der Waals surface area contributed by atoms with E-state index in [9.17, 15) is 4.79 Å². The number of esters is 1. The second-order valence-electron chi connectivity index (χ2n) is 6.31. The van der Waals surface area contributed by atoms with E-state index in [1.807, 2.05) is 20.8 Å². The van der Waals surface area contributed by atoms with E-state index in [1.54, 1.807) is 0 Å². The molecule has 0 aliphatic heterocycles. The van der Waals surface area contributed by atoms with E-state index in [0.29, 0.717) is 17.5 Å². The van der Waals surface area contributed by atoms with E-state index in [2.05, 4.69) is 4.98 Å². The van der Waals surface area contributed by atoms with Crippen LogP contribution in [0.1, 0.15) is 80.9 Å². The maximum Gasteiger partial charge on any atom is 0.376 e. The molecule has 1 aromatic heterocycles. The quantitative estimate of drug-likeness (QED) is 0.763. The van der Waals surface area contributed by atoms with Crippen molar-refractivity contribution < 1.29 is 13.9 Å². The molecule has 0 unspecified atom stereocenters. The molecule has 4 heteroatoms. The molecule has 1 aliphatic rings. The summed E-state index contributed by atoms with van der Waals surface area (Å²) in [5, 5.41) is 0. The molecule has 1 aliphatic carbocycles. The van der Waals surface area contributed by atoms with Gasteiger partial charge in [0.2, 0.25) is 5.76 Å². The van der Waals surface area contributed by atoms with Gasteiger partial charge in [0.25, 0.3) is 0 Å². The summed E-state index contributed by atoms with van der Waals surface area (Å²) >= 11 is 0. The minimum absolute atomic E-state index is 0.222. The van der Waals surface area contributed by atoms with Crippen LogP contribution in [0.5, 0.6) is 0 Å². The molecular formula is C15H23NO3. The Balaban J connectivity index is 2.36. The monoisotopic (exact) mass is 265 g/mol. The average molecular weight is 265 g/mol. The first-order chi connectivity index (χ1) is 8.93. The molecular weight excluding hydrogens is 242 g/mol. The highest BCUT2D eigenvalue weighted by Crippen LogP contribution is 2.35. The Morgan fingerprint density at radius 2 is 1.89 bits per heavy atom. The summed E-state index contributed by atoms with van der Waals surface area (Å²) in [5.41, 5.74) is 0.486. The number of methoxy groups -OCH3 is 1. The number of hydrogen-bond donors (Lipinski definition) is 0.